The van der Waals surface area contributed by atoms with Crippen LogP contribution in [0, 0.1) is 0 Å². The second-order valence-corrected chi connectivity index (χ2v) is 3.77. The minimum absolute atomic E-state index is 0.404. The largest absolute Gasteiger partial charge is 0.433 e. The number of hydrogen-bond acceptors (Lipinski definition) is 2. The highest BCUT2D eigenvalue weighted by Crippen LogP contribution is 2.28. The SMILES string of the molecule is FC(F)(F)c1cc(NCc2ccccc2)ccn1. The molecule has 0 aliphatic rings. The zero-order chi connectivity index (χ0) is 13.0. The van der Waals surface area contributed by atoms with Gasteiger partial charge in [0.05, 0.1) is 0 Å². The highest BCUT2D eigenvalue weighted by atomic mass is 19.4. The van der Waals surface area contributed by atoms with E-state index in [4.69, 9.17) is 0 Å². The van der Waals surface area contributed by atoms with Crippen molar-refractivity contribution in [2.75, 3.05) is 5.32 Å². The molecule has 94 valence electrons. The Hall–Kier alpha value is -2.04. The smallest absolute Gasteiger partial charge is 0.381 e. The monoisotopic (exact) mass is 252 g/mol. The van der Waals surface area contributed by atoms with Crippen LogP contribution in [-0.2, 0) is 12.7 Å². The number of pyridine rings is 1. The molecule has 0 aliphatic heterocycles. The van der Waals surface area contributed by atoms with Crippen LogP contribution in [0.1, 0.15) is 11.3 Å². The number of anilines is 1. The molecule has 0 bridgehead atoms. The van der Waals surface area contributed by atoms with E-state index in [0.717, 1.165) is 17.8 Å². The van der Waals surface area contributed by atoms with E-state index in [1.54, 1.807) is 0 Å². The molecule has 2 rings (SSSR count). The molecule has 0 amide bonds. The maximum Gasteiger partial charge on any atom is 0.433 e. The summed E-state index contributed by atoms with van der Waals surface area (Å²) in [6.07, 6.45) is -3.26. The van der Waals surface area contributed by atoms with Crippen LogP contribution in [0.2, 0.25) is 0 Å². The zero-order valence-corrected chi connectivity index (χ0v) is 9.41. The van der Waals surface area contributed by atoms with Crippen LogP contribution in [0.25, 0.3) is 0 Å². The Bertz CT molecular complexity index is 509. The molecule has 0 unspecified atom stereocenters. The molecule has 5 heteroatoms. The number of rotatable bonds is 3. The van der Waals surface area contributed by atoms with Crippen molar-refractivity contribution in [2.24, 2.45) is 0 Å². The van der Waals surface area contributed by atoms with Crippen LogP contribution >= 0.6 is 0 Å². The van der Waals surface area contributed by atoms with Gasteiger partial charge >= 0.3 is 6.18 Å². The van der Waals surface area contributed by atoms with Crippen molar-refractivity contribution in [3.05, 3.63) is 59.9 Å². The summed E-state index contributed by atoms with van der Waals surface area (Å²) >= 11 is 0. The maximum absolute atomic E-state index is 12.4. The van der Waals surface area contributed by atoms with Gasteiger partial charge in [0.1, 0.15) is 5.69 Å². The lowest BCUT2D eigenvalue weighted by Crippen LogP contribution is -2.08. The summed E-state index contributed by atoms with van der Waals surface area (Å²) in [6, 6.07) is 12.0. The first kappa shape index (κ1) is 12.4. The molecule has 0 saturated carbocycles. The Morgan fingerprint density at radius 1 is 1.06 bits per heavy atom. The lowest BCUT2D eigenvalue weighted by molar-refractivity contribution is -0.141. The van der Waals surface area contributed by atoms with E-state index in [-0.39, 0.29) is 0 Å². The van der Waals surface area contributed by atoms with E-state index >= 15 is 0 Å². The van der Waals surface area contributed by atoms with Crippen LogP contribution in [0.4, 0.5) is 18.9 Å². The number of benzene rings is 1. The molecular weight excluding hydrogens is 241 g/mol. The highest BCUT2D eigenvalue weighted by Gasteiger charge is 2.32. The fourth-order valence-corrected chi connectivity index (χ4v) is 1.50. The molecule has 0 fully saturated rings. The average Bonchev–Trinajstić information content (AvgIpc) is 2.37. The molecule has 1 aromatic carbocycles. The standard InChI is InChI=1S/C13H11F3N2/c14-13(15,16)12-8-11(6-7-17-12)18-9-10-4-2-1-3-5-10/h1-8H,9H2,(H,17,18). The summed E-state index contributed by atoms with van der Waals surface area (Å²) in [6.45, 7) is 0.474. The Labute approximate surface area is 102 Å². The van der Waals surface area contributed by atoms with Crippen molar-refractivity contribution in [1.82, 2.24) is 4.98 Å². The van der Waals surface area contributed by atoms with Gasteiger partial charge in [-0.1, -0.05) is 30.3 Å². The Morgan fingerprint density at radius 2 is 1.78 bits per heavy atom. The second-order valence-electron chi connectivity index (χ2n) is 3.77. The second kappa shape index (κ2) is 5.08. The van der Waals surface area contributed by atoms with Gasteiger partial charge in [-0.25, -0.2) is 0 Å². The summed E-state index contributed by atoms with van der Waals surface area (Å²) < 4.78 is 37.3. The summed E-state index contributed by atoms with van der Waals surface area (Å²) in [5, 5.41) is 2.93. The normalized spacial score (nSPS) is 11.3. The maximum atomic E-state index is 12.4. The Balaban J connectivity index is 2.06. The van der Waals surface area contributed by atoms with Crippen LogP contribution in [-0.4, -0.2) is 4.98 Å². The zero-order valence-electron chi connectivity index (χ0n) is 9.41. The Morgan fingerprint density at radius 3 is 2.44 bits per heavy atom. The summed E-state index contributed by atoms with van der Waals surface area (Å²) in [5.41, 5.74) is 0.518. The van der Waals surface area contributed by atoms with E-state index in [0.29, 0.717) is 12.2 Å². The molecule has 1 heterocycles. The molecule has 0 atom stereocenters. The molecule has 1 N–H and O–H groups in total. The summed E-state index contributed by atoms with van der Waals surface area (Å²) in [5.74, 6) is 0. The van der Waals surface area contributed by atoms with Gasteiger partial charge in [-0.3, -0.25) is 4.98 Å². The molecule has 2 aromatic rings. The van der Waals surface area contributed by atoms with E-state index < -0.39 is 11.9 Å². The number of aromatic nitrogens is 1. The molecular formula is C13H11F3N2. The average molecular weight is 252 g/mol. The molecule has 2 nitrogen and oxygen atoms in total. The number of hydrogen-bond donors (Lipinski definition) is 1. The van der Waals surface area contributed by atoms with Crippen molar-refractivity contribution in [3.63, 3.8) is 0 Å². The van der Waals surface area contributed by atoms with Gasteiger partial charge in [0, 0.05) is 18.4 Å². The van der Waals surface area contributed by atoms with Gasteiger partial charge < -0.3 is 5.32 Å². The van der Waals surface area contributed by atoms with Crippen molar-refractivity contribution in [2.45, 2.75) is 12.7 Å². The Kier molecular flexibility index (Phi) is 3.50. The molecule has 0 spiro atoms. The van der Waals surface area contributed by atoms with E-state index in [1.165, 1.54) is 6.07 Å². The van der Waals surface area contributed by atoms with Gasteiger partial charge in [-0.05, 0) is 17.7 Å². The third-order valence-electron chi connectivity index (χ3n) is 2.39. The van der Waals surface area contributed by atoms with Crippen molar-refractivity contribution in [1.29, 1.82) is 0 Å². The quantitative estimate of drug-likeness (QED) is 0.900. The fourth-order valence-electron chi connectivity index (χ4n) is 1.50. The highest BCUT2D eigenvalue weighted by molar-refractivity contribution is 5.44. The molecule has 0 radical (unpaired) electrons. The lowest BCUT2D eigenvalue weighted by atomic mass is 10.2. The predicted octanol–water partition coefficient (Wildman–Crippen LogP) is 3.71. The number of halogens is 3. The van der Waals surface area contributed by atoms with Gasteiger partial charge in [-0.15, -0.1) is 0 Å². The van der Waals surface area contributed by atoms with Gasteiger partial charge in [0.25, 0.3) is 0 Å². The first-order valence-corrected chi connectivity index (χ1v) is 5.37. The minimum atomic E-state index is -4.41. The third kappa shape index (κ3) is 3.23. The van der Waals surface area contributed by atoms with Crippen LogP contribution in [0.5, 0.6) is 0 Å². The van der Waals surface area contributed by atoms with Crippen molar-refractivity contribution in [3.8, 4) is 0 Å². The van der Waals surface area contributed by atoms with Gasteiger partial charge in [-0.2, -0.15) is 13.2 Å². The van der Waals surface area contributed by atoms with E-state index in [2.05, 4.69) is 10.3 Å². The van der Waals surface area contributed by atoms with E-state index in [1.807, 2.05) is 30.3 Å². The lowest BCUT2D eigenvalue weighted by Gasteiger charge is -2.09. The molecule has 0 aliphatic carbocycles. The first-order valence-electron chi connectivity index (χ1n) is 5.37. The van der Waals surface area contributed by atoms with Gasteiger partial charge in [0.15, 0.2) is 0 Å². The van der Waals surface area contributed by atoms with Crippen LogP contribution in [0.15, 0.2) is 48.7 Å². The topological polar surface area (TPSA) is 24.9 Å². The third-order valence-corrected chi connectivity index (χ3v) is 2.39. The summed E-state index contributed by atoms with van der Waals surface area (Å²) in [4.78, 5) is 3.30. The minimum Gasteiger partial charge on any atom is -0.381 e. The predicted molar refractivity (Wildman–Crippen MR) is 63.0 cm³/mol. The van der Waals surface area contributed by atoms with Gasteiger partial charge in [0.2, 0.25) is 0 Å². The molecule has 1 aromatic heterocycles. The molecule has 18 heavy (non-hydrogen) atoms. The van der Waals surface area contributed by atoms with Crippen molar-refractivity contribution < 1.29 is 13.2 Å². The first-order chi connectivity index (χ1) is 8.55. The molecule has 0 saturated heterocycles. The fraction of sp³-hybridized carbons (Fsp3) is 0.154. The number of nitrogens with zero attached hydrogens (tertiary/aromatic N) is 1. The van der Waals surface area contributed by atoms with E-state index in [9.17, 15) is 13.2 Å². The number of alkyl halides is 3. The van der Waals surface area contributed by atoms with Crippen molar-refractivity contribution >= 4 is 5.69 Å². The van der Waals surface area contributed by atoms with Crippen LogP contribution in [0.3, 0.4) is 0 Å². The van der Waals surface area contributed by atoms with Crippen LogP contribution < -0.4 is 5.32 Å². The number of nitrogens with one attached hydrogen (secondary N) is 1. The summed E-state index contributed by atoms with van der Waals surface area (Å²) in [7, 11) is 0.